The fraction of sp³-hybridized carbons (Fsp3) is 0.556. The van der Waals surface area contributed by atoms with Crippen LogP contribution in [-0.4, -0.2) is 63.0 Å². The van der Waals surface area contributed by atoms with E-state index in [2.05, 4.69) is 10.3 Å². The number of carbonyl (C=O) groups excluding carboxylic acids is 3. The van der Waals surface area contributed by atoms with Crippen molar-refractivity contribution in [2.45, 2.75) is 84.7 Å². The predicted octanol–water partition coefficient (Wildman–Crippen LogP) is 3.86. The summed E-state index contributed by atoms with van der Waals surface area (Å²) in [6, 6.07) is 5.62. The lowest BCUT2D eigenvalue weighted by Gasteiger charge is -2.34. The molecule has 2 N–H and O–H groups in total. The first-order valence-electron chi connectivity index (χ1n) is 12.2. The van der Waals surface area contributed by atoms with E-state index in [1.54, 1.807) is 32.1 Å². The summed E-state index contributed by atoms with van der Waals surface area (Å²) in [5.41, 5.74) is 1.95. The number of aliphatic hydroxyl groups is 1. The highest BCUT2D eigenvalue weighted by Gasteiger charge is 2.46. The molecule has 2 amide bonds. The molecule has 1 saturated heterocycles. The molecule has 0 spiro atoms. The number of ketones is 1. The van der Waals surface area contributed by atoms with Gasteiger partial charge < -0.3 is 15.3 Å². The maximum Gasteiger partial charge on any atom is 0.249 e. The molecular weight excluding hydrogens is 481 g/mol. The van der Waals surface area contributed by atoms with E-state index in [4.69, 9.17) is 0 Å². The van der Waals surface area contributed by atoms with Gasteiger partial charge in [-0.3, -0.25) is 14.4 Å². The molecule has 1 fully saturated rings. The molecule has 0 saturated carbocycles. The van der Waals surface area contributed by atoms with Crippen molar-refractivity contribution in [2.75, 3.05) is 6.54 Å². The molecule has 0 bridgehead atoms. The summed E-state index contributed by atoms with van der Waals surface area (Å²) in [6.45, 7) is 9.35. The molecule has 3 unspecified atom stereocenters. The predicted molar refractivity (Wildman–Crippen MR) is 138 cm³/mol. The standard InChI is InChI=1S/C27H36FN3O4S/c1-16-22(36-15-29-16)18-10-7-17(8-11-18)9-12-21(33)20-13-19(32)14-31(20)24(34)23(27(5,6)28)30-25(35)26(2,3)4/h7-8,10-11,15,19-20,23,32H,9,12-14H2,1-6H3,(H,30,35). The van der Waals surface area contributed by atoms with Gasteiger partial charge in [0.1, 0.15) is 11.7 Å². The number of alkyl halides is 1. The number of carbonyl (C=O) groups is 3. The van der Waals surface area contributed by atoms with Crippen LogP contribution in [0.4, 0.5) is 4.39 Å². The Hall–Kier alpha value is -2.65. The number of halogens is 1. The van der Waals surface area contributed by atoms with Crippen molar-refractivity contribution < 1.29 is 23.9 Å². The van der Waals surface area contributed by atoms with Crippen LogP contribution in [0.3, 0.4) is 0 Å². The van der Waals surface area contributed by atoms with Gasteiger partial charge in [0.2, 0.25) is 11.8 Å². The highest BCUT2D eigenvalue weighted by molar-refractivity contribution is 7.13. The fourth-order valence-electron chi connectivity index (χ4n) is 4.24. The van der Waals surface area contributed by atoms with Gasteiger partial charge in [0.05, 0.1) is 28.2 Å². The molecule has 1 aliphatic rings. The third kappa shape index (κ3) is 6.56. The summed E-state index contributed by atoms with van der Waals surface area (Å²) in [7, 11) is 0. The quantitative estimate of drug-likeness (QED) is 0.554. The Kier molecular flexibility index (Phi) is 8.35. The molecule has 36 heavy (non-hydrogen) atoms. The van der Waals surface area contributed by atoms with Crippen molar-refractivity contribution in [3.8, 4) is 10.4 Å². The first-order valence-corrected chi connectivity index (χ1v) is 13.1. The molecule has 2 aromatic rings. The smallest absolute Gasteiger partial charge is 0.249 e. The largest absolute Gasteiger partial charge is 0.391 e. The van der Waals surface area contributed by atoms with Crippen LogP contribution in [0.5, 0.6) is 0 Å². The van der Waals surface area contributed by atoms with Gasteiger partial charge in [-0.1, -0.05) is 45.0 Å². The summed E-state index contributed by atoms with van der Waals surface area (Å²) in [5.74, 6) is -1.36. The SMILES string of the molecule is Cc1ncsc1-c1ccc(CCC(=O)C2CC(O)CN2C(=O)C(NC(=O)C(C)(C)C)C(C)(C)F)cc1. The van der Waals surface area contributed by atoms with Crippen molar-refractivity contribution in [3.63, 3.8) is 0 Å². The number of nitrogens with zero attached hydrogens (tertiary/aromatic N) is 2. The fourth-order valence-corrected chi connectivity index (χ4v) is 5.05. The van der Waals surface area contributed by atoms with Gasteiger partial charge in [0, 0.05) is 24.8 Å². The lowest BCUT2D eigenvalue weighted by Crippen LogP contribution is -2.60. The van der Waals surface area contributed by atoms with E-state index in [0.29, 0.717) is 6.42 Å². The lowest BCUT2D eigenvalue weighted by molar-refractivity contribution is -0.145. The van der Waals surface area contributed by atoms with E-state index in [1.807, 2.05) is 36.7 Å². The van der Waals surface area contributed by atoms with E-state index in [9.17, 15) is 19.5 Å². The number of likely N-dealkylation sites (tertiary alicyclic amines) is 1. The summed E-state index contributed by atoms with van der Waals surface area (Å²) < 4.78 is 15.0. The first kappa shape index (κ1) is 27.9. The van der Waals surface area contributed by atoms with Gasteiger partial charge in [-0.25, -0.2) is 9.37 Å². The number of hydrogen-bond acceptors (Lipinski definition) is 6. The molecule has 196 valence electrons. The summed E-state index contributed by atoms with van der Waals surface area (Å²) >= 11 is 1.58. The number of nitrogens with one attached hydrogen (secondary N) is 1. The number of rotatable bonds is 8. The minimum absolute atomic E-state index is 0.0733. The Bertz CT molecular complexity index is 1100. The third-order valence-corrected chi connectivity index (χ3v) is 7.42. The molecule has 1 aromatic carbocycles. The Morgan fingerprint density at radius 2 is 1.83 bits per heavy atom. The van der Waals surface area contributed by atoms with Crippen molar-refractivity contribution in [1.82, 2.24) is 15.2 Å². The van der Waals surface area contributed by atoms with Crippen LogP contribution >= 0.6 is 11.3 Å². The summed E-state index contributed by atoms with van der Waals surface area (Å²) in [6.07, 6.45) is -0.126. The average molecular weight is 518 g/mol. The number of amides is 2. The van der Waals surface area contributed by atoms with Gasteiger partial charge in [-0.05, 0) is 38.3 Å². The third-order valence-electron chi connectivity index (χ3n) is 6.45. The lowest BCUT2D eigenvalue weighted by atomic mass is 9.92. The maximum atomic E-state index is 15.0. The average Bonchev–Trinajstić information content (AvgIpc) is 3.39. The van der Waals surface area contributed by atoms with E-state index in [1.165, 1.54) is 18.7 Å². The molecule has 9 heteroatoms. The van der Waals surface area contributed by atoms with Crippen LogP contribution in [0.1, 0.15) is 58.7 Å². The van der Waals surface area contributed by atoms with Gasteiger partial charge in [-0.15, -0.1) is 11.3 Å². The summed E-state index contributed by atoms with van der Waals surface area (Å²) in [5, 5.41) is 12.8. The zero-order valence-corrected chi connectivity index (χ0v) is 22.6. The molecule has 3 rings (SSSR count). The second kappa shape index (κ2) is 10.8. The number of Topliss-reactive ketones (excluding diaryl/α,β-unsaturated/α-hetero) is 1. The highest BCUT2D eigenvalue weighted by atomic mass is 32.1. The number of aryl methyl sites for hydroxylation is 2. The van der Waals surface area contributed by atoms with Crippen LogP contribution in [-0.2, 0) is 20.8 Å². The van der Waals surface area contributed by atoms with Crippen LogP contribution in [0.25, 0.3) is 10.4 Å². The van der Waals surface area contributed by atoms with Crippen molar-refractivity contribution in [3.05, 3.63) is 41.0 Å². The Morgan fingerprint density at radius 3 is 2.36 bits per heavy atom. The van der Waals surface area contributed by atoms with Crippen LogP contribution in [0.15, 0.2) is 29.8 Å². The minimum atomic E-state index is -2.06. The number of hydrogen-bond donors (Lipinski definition) is 2. The maximum absolute atomic E-state index is 15.0. The zero-order chi connectivity index (χ0) is 26.8. The monoisotopic (exact) mass is 517 g/mol. The Balaban J connectivity index is 1.69. The van der Waals surface area contributed by atoms with Crippen LogP contribution in [0.2, 0.25) is 0 Å². The van der Waals surface area contributed by atoms with Crippen molar-refractivity contribution >= 4 is 28.9 Å². The van der Waals surface area contributed by atoms with Crippen molar-refractivity contribution in [2.24, 2.45) is 5.41 Å². The van der Waals surface area contributed by atoms with Gasteiger partial charge >= 0.3 is 0 Å². The highest BCUT2D eigenvalue weighted by Crippen LogP contribution is 2.29. The minimum Gasteiger partial charge on any atom is -0.391 e. The van der Waals surface area contributed by atoms with Gasteiger partial charge in [0.15, 0.2) is 5.78 Å². The Morgan fingerprint density at radius 1 is 1.19 bits per heavy atom. The molecule has 7 nitrogen and oxygen atoms in total. The van der Waals surface area contributed by atoms with E-state index < -0.39 is 41.1 Å². The molecule has 1 aliphatic heterocycles. The second-order valence-electron chi connectivity index (χ2n) is 11.0. The first-order chi connectivity index (χ1) is 16.7. The second-order valence-corrected chi connectivity index (χ2v) is 11.9. The molecule has 1 aromatic heterocycles. The molecule has 0 radical (unpaired) electrons. The van der Waals surface area contributed by atoms with Gasteiger partial charge in [-0.2, -0.15) is 0 Å². The van der Waals surface area contributed by atoms with Gasteiger partial charge in [0.25, 0.3) is 0 Å². The van der Waals surface area contributed by atoms with E-state index in [-0.39, 0.29) is 25.2 Å². The van der Waals surface area contributed by atoms with Crippen LogP contribution in [0, 0.1) is 12.3 Å². The molecule has 0 aliphatic carbocycles. The molecular formula is C27H36FN3O4S. The number of β-amino-alcohol motifs (C(OH)–C–C–N with tert-alkyl or cyclic N) is 1. The molecule has 2 heterocycles. The number of aromatic nitrogens is 1. The molecule has 3 atom stereocenters. The normalized spacial score (nSPS) is 19.3. The van der Waals surface area contributed by atoms with E-state index >= 15 is 4.39 Å². The Labute approximate surface area is 216 Å². The number of thiazole rings is 1. The van der Waals surface area contributed by atoms with Crippen LogP contribution < -0.4 is 5.32 Å². The number of aliphatic hydroxyl groups excluding tert-OH is 1. The topological polar surface area (TPSA) is 99.6 Å². The number of benzene rings is 1. The summed E-state index contributed by atoms with van der Waals surface area (Å²) in [4.78, 5) is 45.7. The zero-order valence-electron chi connectivity index (χ0n) is 21.8. The van der Waals surface area contributed by atoms with Crippen molar-refractivity contribution in [1.29, 1.82) is 0 Å². The van der Waals surface area contributed by atoms with E-state index in [0.717, 1.165) is 21.7 Å².